The maximum atomic E-state index is 12.5. The number of nitrogens with two attached hydrogens (primary N) is 1. The lowest BCUT2D eigenvalue weighted by Gasteiger charge is -2.18. The summed E-state index contributed by atoms with van der Waals surface area (Å²) in [4.78, 5) is 38.5. The van der Waals surface area contributed by atoms with Crippen LogP contribution in [-0.4, -0.2) is 38.7 Å². The number of non-ortho nitro benzene ring substituents is 1. The zero-order valence-electron chi connectivity index (χ0n) is 29.0. The number of nitrogens with zero attached hydrogens (tertiary/aromatic N) is 2. The van der Waals surface area contributed by atoms with Crippen molar-refractivity contribution in [3.8, 4) is 16.2 Å². The molecule has 47 heavy (non-hydrogen) atoms. The minimum atomic E-state index is -1.28. The zero-order valence-corrected chi connectivity index (χ0v) is 30.6. The Morgan fingerprint density at radius 3 is 2.11 bits per heavy atom. The predicted octanol–water partition coefficient (Wildman–Crippen LogP) is 9.68. The molecular weight excluding hydrogens is 641 g/mol. The summed E-state index contributed by atoms with van der Waals surface area (Å²) in [6.07, 6.45) is 7.97. The molecule has 1 saturated carbocycles. The smallest absolute Gasteiger partial charge is 0.417 e. The molecule has 0 bridgehead atoms. The molecule has 3 N–H and O–H groups in total. The first-order valence-corrected chi connectivity index (χ1v) is 18.0. The Labute approximate surface area is 285 Å². The van der Waals surface area contributed by atoms with Gasteiger partial charge in [-0.2, -0.15) is 0 Å². The number of anilines is 1. The SMILES string of the molecule is CC.CC(C)(C)C.CC(C)OC(N)=O.CS(=O)c1cc(NC(=O)Oc2ccc([N+](=O)[O-])cc2)ccc1-c1cnc(C2CCCCC2)s1. The van der Waals surface area contributed by atoms with E-state index < -0.39 is 27.9 Å². The molecule has 260 valence electrons. The van der Waals surface area contributed by atoms with E-state index in [1.807, 2.05) is 26.1 Å². The monoisotopic (exact) mass is 690 g/mol. The number of carbonyl (C=O) groups excluding carboxylic acids is 2. The van der Waals surface area contributed by atoms with Crippen LogP contribution in [0.15, 0.2) is 53.6 Å². The number of carbonyl (C=O) groups is 2. The van der Waals surface area contributed by atoms with Crippen molar-refractivity contribution in [2.45, 2.75) is 104 Å². The Bertz CT molecular complexity index is 1440. The van der Waals surface area contributed by atoms with E-state index in [2.05, 4.69) is 48.5 Å². The van der Waals surface area contributed by atoms with Gasteiger partial charge >= 0.3 is 12.2 Å². The molecular formula is C34H50N4O7S2. The normalized spacial score (nSPS) is 13.3. The summed E-state index contributed by atoms with van der Waals surface area (Å²) >= 11 is 1.64. The molecule has 2 amide bonds. The van der Waals surface area contributed by atoms with E-state index in [0.717, 1.165) is 15.4 Å². The molecule has 4 rings (SSSR count). The van der Waals surface area contributed by atoms with E-state index in [-0.39, 0.29) is 17.5 Å². The zero-order chi connectivity index (χ0) is 35.7. The van der Waals surface area contributed by atoms with Crippen LogP contribution >= 0.6 is 11.3 Å². The van der Waals surface area contributed by atoms with Gasteiger partial charge in [0, 0.05) is 46.6 Å². The summed E-state index contributed by atoms with van der Waals surface area (Å²) in [5.41, 5.74) is 6.31. The fraction of sp³-hybridized carbons (Fsp3) is 0.500. The van der Waals surface area contributed by atoms with Gasteiger partial charge in [0.05, 0.1) is 31.7 Å². The maximum absolute atomic E-state index is 12.5. The lowest BCUT2D eigenvalue weighted by molar-refractivity contribution is -0.384. The van der Waals surface area contributed by atoms with Gasteiger partial charge in [0.15, 0.2) is 0 Å². The van der Waals surface area contributed by atoms with Crippen molar-refractivity contribution in [1.82, 2.24) is 4.98 Å². The highest BCUT2D eigenvalue weighted by atomic mass is 32.2. The van der Waals surface area contributed by atoms with Gasteiger partial charge in [0.25, 0.3) is 5.69 Å². The number of benzene rings is 2. The van der Waals surface area contributed by atoms with Crippen LogP contribution in [0.1, 0.15) is 98.4 Å². The van der Waals surface area contributed by atoms with Gasteiger partial charge in [-0.3, -0.25) is 19.6 Å². The number of ether oxygens (including phenoxy) is 2. The maximum Gasteiger partial charge on any atom is 0.417 e. The van der Waals surface area contributed by atoms with Crippen molar-refractivity contribution in [1.29, 1.82) is 0 Å². The number of nitro groups is 1. The van der Waals surface area contributed by atoms with Crippen LogP contribution in [0.5, 0.6) is 5.75 Å². The average Bonchev–Trinajstić information content (AvgIpc) is 3.48. The van der Waals surface area contributed by atoms with Crippen molar-refractivity contribution in [3.63, 3.8) is 0 Å². The van der Waals surface area contributed by atoms with Gasteiger partial charge in [0.1, 0.15) is 5.75 Å². The van der Waals surface area contributed by atoms with Crippen molar-refractivity contribution in [2.75, 3.05) is 11.6 Å². The highest BCUT2D eigenvalue weighted by molar-refractivity contribution is 7.84. The van der Waals surface area contributed by atoms with E-state index in [0.29, 0.717) is 21.9 Å². The molecule has 0 aliphatic heterocycles. The van der Waals surface area contributed by atoms with E-state index in [1.54, 1.807) is 43.6 Å². The lowest BCUT2D eigenvalue weighted by atomic mass is 9.90. The molecule has 2 aromatic carbocycles. The highest BCUT2D eigenvalue weighted by Crippen LogP contribution is 2.39. The largest absolute Gasteiger partial charge is 0.447 e. The number of thiazole rings is 1. The van der Waals surface area contributed by atoms with E-state index >= 15 is 0 Å². The van der Waals surface area contributed by atoms with Gasteiger partial charge in [-0.05, 0) is 56.4 Å². The first-order valence-electron chi connectivity index (χ1n) is 15.7. The van der Waals surface area contributed by atoms with Crippen LogP contribution in [0.2, 0.25) is 0 Å². The molecule has 0 spiro atoms. The molecule has 1 unspecified atom stereocenters. The molecule has 3 aromatic rings. The van der Waals surface area contributed by atoms with Crippen molar-refractivity contribution in [2.24, 2.45) is 11.1 Å². The number of nitro benzene ring substituents is 1. The van der Waals surface area contributed by atoms with Crippen molar-refractivity contribution in [3.05, 3.63) is 63.8 Å². The van der Waals surface area contributed by atoms with Gasteiger partial charge in [-0.15, -0.1) is 11.3 Å². The van der Waals surface area contributed by atoms with Crippen LogP contribution in [-0.2, 0) is 15.5 Å². The number of hydrogen-bond donors (Lipinski definition) is 2. The number of rotatable bonds is 7. The minimum absolute atomic E-state index is 0.0943. The van der Waals surface area contributed by atoms with E-state index in [1.165, 1.54) is 56.4 Å². The molecule has 1 atom stereocenters. The summed E-state index contributed by atoms with van der Waals surface area (Å²) < 4.78 is 22.0. The van der Waals surface area contributed by atoms with Crippen LogP contribution in [0, 0.1) is 15.5 Å². The predicted molar refractivity (Wildman–Crippen MR) is 191 cm³/mol. The number of primary amides is 1. The van der Waals surface area contributed by atoms with Gasteiger partial charge in [0.2, 0.25) is 0 Å². The Kier molecular flexibility index (Phi) is 17.9. The average molecular weight is 691 g/mol. The summed E-state index contributed by atoms with van der Waals surface area (Å²) in [6, 6.07) is 10.4. The van der Waals surface area contributed by atoms with Crippen molar-refractivity contribution >= 4 is 45.7 Å². The highest BCUT2D eigenvalue weighted by Gasteiger charge is 2.21. The molecule has 11 nitrogen and oxygen atoms in total. The minimum Gasteiger partial charge on any atom is -0.447 e. The van der Waals surface area contributed by atoms with Crippen LogP contribution in [0.4, 0.5) is 21.0 Å². The third-order valence-corrected chi connectivity index (χ3v) is 8.04. The van der Waals surface area contributed by atoms with Crippen LogP contribution in [0.3, 0.4) is 0 Å². The number of aromatic nitrogens is 1. The van der Waals surface area contributed by atoms with E-state index in [4.69, 9.17) is 4.74 Å². The van der Waals surface area contributed by atoms with Gasteiger partial charge in [-0.25, -0.2) is 14.6 Å². The third kappa shape index (κ3) is 16.5. The first-order chi connectivity index (χ1) is 22.0. The second-order valence-corrected chi connectivity index (χ2v) is 14.7. The molecule has 0 saturated heterocycles. The standard InChI is InChI=1S/C23H23N3O5S2.C5H12.C4H9NO2.C2H6/c1-33(30)21-13-16(25-23(27)31-18-10-8-17(9-11-18)26(28)29)7-12-19(21)20-14-24-22(32-20)15-5-3-2-4-6-15;1-5(2,3)4;1-3(2)7-4(5)6;1-2/h7-15H,2-6H2,1H3,(H,25,27);1-4H3;3H,1-2H3,(H2,5,6);1-2H3. The summed E-state index contributed by atoms with van der Waals surface area (Å²) in [7, 11) is -1.28. The Balaban J connectivity index is 0.000000667. The molecule has 1 aliphatic rings. The Hall–Kier alpha value is -3.84. The topological polar surface area (TPSA) is 164 Å². The van der Waals surface area contributed by atoms with Crippen LogP contribution in [0.25, 0.3) is 10.4 Å². The second-order valence-electron chi connectivity index (χ2n) is 12.3. The number of hydrogen-bond acceptors (Lipinski definition) is 9. The fourth-order valence-electron chi connectivity index (χ4n) is 4.11. The molecule has 1 aromatic heterocycles. The van der Waals surface area contributed by atoms with E-state index in [9.17, 15) is 23.9 Å². The molecule has 1 fully saturated rings. The quantitative estimate of drug-likeness (QED) is 0.183. The second kappa shape index (κ2) is 20.4. The number of nitrogens with one attached hydrogen (secondary N) is 1. The molecule has 0 radical (unpaired) electrons. The van der Waals surface area contributed by atoms with Gasteiger partial charge in [-0.1, -0.05) is 66.9 Å². The molecule has 1 heterocycles. The summed E-state index contributed by atoms with van der Waals surface area (Å²) in [6.45, 7) is 16.2. The summed E-state index contributed by atoms with van der Waals surface area (Å²) in [5.74, 6) is 0.678. The third-order valence-electron chi connectivity index (χ3n) is 5.89. The Morgan fingerprint density at radius 1 is 1.06 bits per heavy atom. The van der Waals surface area contributed by atoms with Gasteiger partial charge < -0.3 is 15.2 Å². The first kappa shape index (κ1) is 41.2. The van der Waals surface area contributed by atoms with Crippen LogP contribution < -0.4 is 15.8 Å². The Morgan fingerprint density at radius 2 is 1.64 bits per heavy atom. The lowest BCUT2D eigenvalue weighted by Crippen LogP contribution is -2.17. The molecule has 13 heteroatoms. The van der Waals surface area contributed by atoms with Crippen molar-refractivity contribution < 1.29 is 28.2 Å². The number of amides is 2. The molecule has 1 aliphatic carbocycles. The summed E-state index contributed by atoms with van der Waals surface area (Å²) in [5, 5.41) is 14.5. The fourth-order valence-corrected chi connectivity index (χ4v) is 6.08.